The SMILES string of the molecule is CC(NC1COCc2ccccc21)c1ccccn1. The maximum Gasteiger partial charge on any atom is 0.0721 e. The average molecular weight is 254 g/mol. The number of nitrogens with one attached hydrogen (secondary N) is 1. The Morgan fingerprint density at radius 2 is 2.05 bits per heavy atom. The summed E-state index contributed by atoms with van der Waals surface area (Å²) < 4.78 is 5.66. The van der Waals surface area contributed by atoms with Crippen LogP contribution in [-0.2, 0) is 11.3 Å². The van der Waals surface area contributed by atoms with Crippen molar-refractivity contribution in [2.45, 2.75) is 25.6 Å². The van der Waals surface area contributed by atoms with Crippen molar-refractivity contribution in [3.05, 3.63) is 65.5 Å². The van der Waals surface area contributed by atoms with Gasteiger partial charge in [0.15, 0.2) is 0 Å². The van der Waals surface area contributed by atoms with Gasteiger partial charge in [0.2, 0.25) is 0 Å². The molecule has 2 aromatic rings. The summed E-state index contributed by atoms with van der Waals surface area (Å²) in [6.45, 7) is 3.57. The van der Waals surface area contributed by atoms with E-state index in [0.717, 1.165) is 5.69 Å². The minimum Gasteiger partial charge on any atom is -0.375 e. The zero-order valence-corrected chi connectivity index (χ0v) is 11.0. The van der Waals surface area contributed by atoms with Gasteiger partial charge in [0, 0.05) is 12.2 Å². The molecular formula is C16H18N2O. The highest BCUT2D eigenvalue weighted by atomic mass is 16.5. The van der Waals surface area contributed by atoms with Gasteiger partial charge in [-0.15, -0.1) is 0 Å². The van der Waals surface area contributed by atoms with E-state index >= 15 is 0 Å². The Hall–Kier alpha value is -1.71. The molecule has 2 atom stereocenters. The van der Waals surface area contributed by atoms with E-state index in [1.165, 1.54) is 11.1 Å². The molecule has 3 rings (SSSR count). The molecular weight excluding hydrogens is 236 g/mol. The van der Waals surface area contributed by atoms with Gasteiger partial charge in [-0.25, -0.2) is 0 Å². The molecule has 0 saturated carbocycles. The standard InChI is InChI=1S/C16H18N2O/c1-12(15-8-4-5-9-17-15)18-16-11-19-10-13-6-2-3-7-14(13)16/h2-9,12,16,18H,10-11H2,1H3. The molecule has 0 spiro atoms. The van der Waals surface area contributed by atoms with Crippen molar-refractivity contribution < 1.29 is 4.74 Å². The molecule has 3 nitrogen and oxygen atoms in total. The molecule has 2 unspecified atom stereocenters. The van der Waals surface area contributed by atoms with E-state index in [0.29, 0.717) is 13.2 Å². The first-order valence-corrected chi connectivity index (χ1v) is 6.67. The third kappa shape index (κ3) is 2.67. The first-order chi connectivity index (χ1) is 9.34. The lowest BCUT2D eigenvalue weighted by molar-refractivity contribution is 0.0789. The third-order valence-corrected chi connectivity index (χ3v) is 3.56. The molecule has 1 aliphatic heterocycles. The van der Waals surface area contributed by atoms with E-state index in [4.69, 9.17) is 4.74 Å². The quantitative estimate of drug-likeness (QED) is 0.914. The molecule has 0 aliphatic carbocycles. The maximum absolute atomic E-state index is 5.66. The van der Waals surface area contributed by atoms with E-state index in [9.17, 15) is 0 Å². The lowest BCUT2D eigenvalue weighted by Gasteiger charge is -2.29. The number of benzene rings is 1. The fraction of sp³-hybridized carbons (Fsp3) is 0.312. The van der Waals surface area contributed by atoms with Crippen molar-refractivity contribution in [3.63, 3.8) is 0 Å². The molecule has 0 radical (unpaired) electrons. The van der Waals surface area contributed by atoms with E-state index in [1.54, 1.807) is 0 Å². The minimum absolute atomic E-state index is 0.209. The molecule has 0 amide bonds. The highest BCUT2D eigenvalue weighted by Gasteiger charge is 2.22. The molecule has 1 aliphatic rings. The fourth-order valence-electron chi connectivity index (χ4n) is 2.54. The van der Waals surface area contributed by atoms with Gasteiger partial charge in [-0.3, -0.25) is 10.3 Å². The Labute approximate surface area is 113 Å². The first-order valence-electron chi connectivity index (χ1n) is 6.67. The molecule has 0 fully saturated rings. The van der Waals surface area contributed by atoms with Crippen LogP contribution in [0.2, 0.25) is 0 Å². The Morgan fingerprint density at radius 3 is 2.89 bits per heavy atom. The van der Waals surface area contributed by atoms with E-state index < -0.39 is 0 Å². The van der Waals surface area contributed by atoms with Crippen LogP contribution >= 0.6 is 0 Å². The second kappa shape index (κ2) is 5.51. The number of hydrogen-bond donors (Lipinski definition) is 1. The lowest BCUT2D eigenvalue weighted by Crippen LogP contribution is -2.32. The molecule has 1 aromatic heterocycles. The molecule has 2 heterocycles. The molecule has 0 saturated heterocycles. The first kappa shape index (κ1) is 12.3. The fourth-order valence-corrected chi connectivity index (χ4v) is 2.54. The average Bonchev–Trinajstić information content (AvgIpc) is 2.48. The van der Waals surface area contributed by atoms with Crippen LogP contribution in [-0.4, -0.2) is 11.6 Å². The summed E-state index contributed by atoms with van der Waals surface area (Å²) in [6, 6.07) is 14.9. The van der Waals surface area contributed by atoms with Crippen LogP contribution in [0.3, 0.4) is 0 Å². The number of fused-ring (bicyclic) bond motifs is 1. The molecule has 19 heavy (non-hydrogen) atoms. The summed E-state index contributed by atoms with van der Waals surface area (Å²) >= 11 is 0. The van der Waals surface area contributed by atoms with Crippen molar-refractivity contribution >= 4 is 0 Å². The Morgan fingerprint density at radius 1 is 1.21 bits per heavy atom. The summed E-state index contributed by atoms with van der Waals surface area (Å²) in [5.74, 6) is 0. The van der Waals surface area contributed by atoms with Crippen molar-refractivity contribution in [3.8, 4) is 0 Å². The molecule has 0 bridgehead atoms. The summed E-state index contributed by atoms with van der Waals surface area (Å²) in [4.78, 5) is 4.40. The van der Waals surface area contributed by atoms with Crippen molar-refractivity contribution in [1.82, 2.24) is 10.3 Å². The molecule has 1 N–H and O–H groups in total. The van der Waals surface area contributed by atoms with Crippen LogP contribution in [0.25, 0.3) is 0 Å². The second-order valence-corrected chi connectivity index (χ2v) is 4.91. The molecule has 3 heteroatoms. The molecule has 1 aromatic carbocycles. The van der Waals surface area contributed by atoms with Gasteiger partial charge < -0.3 is 4.74 Å². The Balaban J connectivity index is 1.78. The monoisotopic (exact) mass is 254 g/mol. The third-order valence-electron chi connectivity index (χ3n) is 3.56. The summed E-state index contributed by atoms with van der Waals surface area (Å²) in [6.07, 6.45) is 1.83. The highest BCUT2D eigenvalue weighted by molar-refractivity contribution is 5.31. The lowest BCUT2D eigenvalue weighted by atomic mass is 9.98. The van der Waals surface area contributed by atoms with Crippen LogP contribution in [0, 0.1) is 0 Å². The summed E-state index contributed by atoms with van der Waals surface area (Å²) in [5.41, 5.74) is 3.68. The summed E-state index contributed by atoms with van der Waals surface area (Å²) in [7, 11) is 0. The largest absolute Gasteiger partial charge is 0.375 e. The van der Waals surface area contributed by atoms with Gasteiger partial charge in [0.25, 0.3) is 0 Å². The van der Waals surface area contributed by atoms with Gasteiger partial charge >= 0.3 is 0 Å². The van der Waals surface area contributed by atoms with Crippen molar-refractivity contribution in [2.24, 2.45) is 0 Å². The van der Waals surface area contributed by atoms with Gasteiger partial charge in [-0.05, 0) is 30.2 Å². The summed E-state index contributed by atoms with van der Waals surface area (Å²) in [5, 5.41) is 3.60. The zero-order valence-electron chi connectivity index (χ0n) is 11.0. The van der Waals surface area contributed by atoms with Gasteiger partial charge in [-0.2, -0.15) is 0 Å². The number of nitrogens with zero attached hydrogens (tertiary/aromatic N) is 1. The van der Waals surface area contributed by atoms with E-state index in [-0.39, 0.29) is 12.1 Å². The maximum atomic E-state index is 5.66. The smallest absolute Gasteiger partial charge is 0.0721 e. The van der Waals surface area contributed by atoms with Gasteiger partial charge in [0.05, 0.1) is 24.9 Å². The van der Waals surface area contributed by atoms with Crippen LogP contribution in [0.15, 0.2) is 48.7 Å². The van der Waals surface area contributed by atoms with Crippen LogP contribution < -0.4 is 5.32 Å². The highest BCUT2D eigenvalue weighted by Crippen LogP contribution is 2.26. The zero-order chi connectivity index (χ0) is 13.1. The topological polar surface area (TPSA) is 34.1 Å². The number of rotatable bonds is 3. The van der Waals surface area contributed by atoms with Crippen LogP contribution in [0.5, 0.6) is 0 Å². The van der Waals surface area contributed by atoms with Crippen LogP contribution in [0.1, 0.15) is 35.8 Å². The van der Waals surface area contributed by atoms with Gasteiger partial charge in [0.1, 0.15) is 0 Å². The number of ether oxygens (including phenoxy) is 1. The second-order valence-electron chi connectivity index (χ2n) is 4.91. The minimum atomic E-state index is 0.209. The van der Waals surface area contributed by atoms with Crippen LogP contribution in [0.4, 0.5) is 0 Å². The number of hydrogen-bond acceptors (Lipinski definition) is 3. The number of aromatic nitrogens is 1. The van der Waals surface area contributed by atoms with Crippen molar-refractivity contribution in [2.75, 3.05) is 6.61 Å². The predicted molar refractivity (Wildman–Crippen MR) is 74.6 cm³/mol. The van der Waals surface area contributed by atoms with Crippen molar-refractivity contribution in [1.29, 1.82) is 0 Å². The van der Waals surface area contributed by atoms with E-state index in [1.807, 2.05) is 24.4 Å². The Kier molecular flexibility index (Phi) is 3.58. The Bertz CT molecular complexity index is 541. The molecule has 98 valence electrons. The van der Waals surface area contributed by atoms with E-state index in [2.05, 4.69) is 41.5 Å². The number of pyridine rings is 1. The predicted octanol–water partition coefficient (Wildman–Crippen LogP) is 3.00. The normalized spacial score (nSPS) is 19.7. The van der Waals surface area contributed by atoms with Gasteiger partial charge in [-0.1, -0.05) is 30.3 Å².